The molecule has 4 rings (SSSR count). The summed E-state index contributed by atoms with van der Waals surface area (Å²) < 4.78 is 21.1. The van der Waals surface area contributed by atoms with Gasteiger partial charge in [-0.05, 0) is 44.2 Å². The topological polar surface area (TPSA) is 98.1 Å². The highest BCUT2D eigenvalue weighted by atomic mass is 19.1. The molecule has 1 amide bonds. The number of amides is 1. The van der Waals surface area contributed by atoms with Crippen molar-refractivity contribution in [3.63, 3.8) is 0 Å². The second kappa shape index (κ2) is 8.39. The number of fused-ring (bicyclic) bond motifs is 1. The number of hydrogen-bond donors (Lipinski definition) is 2. The summed E-state index contributed by atoms with van der Waals surface area (Å²) in [5.74, 6) is -0.897. The van der Waals surface area contributed by atoms with Gasteiger partial charge in [0.1, 0.15) is 18.2 Å². The van der Waals surface area contributed by atoms with E-state index in [0.29, 0.717) is 34.0 Å². The Kier molecular flexibility index (Phi) is 5.48. The monoisotopic (exact) mass is 421 g/mol. The van der Waals surface area contributed by atoms with E-state index in [4.69, 9.17) is 4.74 Å². The summed E-state index contributed by atoms with van der Waals surface area (Å²) in [6.07, 6.45) is 1.35. The normalized spacial score (nSPS) is 15.1. The molecule has 0 aliphatic carbocycles. The Morgan fingerprint density at radius 1 is 1.19 bits per heavy atom. The van der Waals surface area contributed by atoms with Crippen LogP contribution in [0.25, 0.3) is 0 Å². The smallest absolute Gasteiger partial charge is 0.338 e. The molecule has 0 saturated carbocycles. The van der Waals surface area contributed by atoms with Gasteiger partial charge in [-0.25, -0.2) is 13.9 Å². The lowest BCUT2D eigenvalue weighted by Gasteiger charge is -2.29. The number of carbonyl (C=O) groups is 2. The molecular formula is C22H20FN5O3. The maximum Gasteiger partial charge on any atom is 0.338 e. The number of rotatable bonds is 5. The molecule has 0 saturated heterocycles. The van der Waals surface area contributed by atoms with E-state index in [2.05, 4.69) is 20.7 Å². The Morgan fingerprint density at radius 2 is 1.94 bits per heavy atom. The molecule has 31 heavy (non-hydrogen) atoms. The minimum absolute atomic E-state index is 0.277. The molecule has 0 fully saturated rings. The van der Waals surface area contributed by atoms with Crippen LogP contribution in [-0.2, 0) is 9.53 Å². The Balaban J connectivity index is 1.66. The number of carbonyl (C=O) groups excluding carboxylic acids is 2. The van der Waals surface area contributed by atoms with Crippen molar-refractivity contribution < 1.29 is 18.7 Å². The second-order valence-corrected chi connectivity index (χ2v) is 6.87. The highest BCUT2D eigenvalue weighted by Gasteiger charge is 2.34. The zero-order valence-corrected chi connectivity index (χ0v) is 16.9. The second-order valence-electron chi connectivity index (χ2n) is 6.87. The van der Waals surface area contributed by atoms with Crippen LogP contribution in [0.4, 0.5) is 16.0 Å². The summed E-state index contributed by atoms with van der Waals surface area (Å²) >= 11 is 0. The highest BCUT2D eigenvalue weighted by Crippen LogP contribution is 2.36. The summed E-state index contributed by atoms with van der Waals surface area (Å²) in [5.41, 5.74) is 2.01. The minimum Gasteiger partial charge on any atom is -0.462 e. The standard InChI is InChI=1S/C22H20FN5O3/c1-3-31-21(30)14-8-10-15(11-9-14)27-20(29)18-13(2)26-22-24-12-25-28(22)19(18)16-6-4-5-7-17(16)23/h4-12,19H,3H2,1-2H3,(H,27,29)(H,24,25,26)/t19-/m0/s1. The molecule has 0 spiro atoms. The van der Waals surface area contributed by atoms with E-state index in [0.717, 1.165) is 0 Å². The zero-order valence-electron chi connectivity index (χ0n) is 16.9. The van der Waals surface area contributed by atoms with Crippen LogP contribution in [-0.4, -0.2) is 33.2 Å². The van der Waals surface area contributed by atoms with Gasteiger partial charge in [-0.3, -0.25) is 4.79 Å². The van der Waals surface area contributed by atoms with E-state index in [1.807, 2.05) is 0 Å². The molecule has 1 atom stereocenters. The maximum absolute atomic E-state index is 14.7. The number of anilines is 2. The fourth-order valence-electron chi connectivity index (χ4n) is 3.47. The van der Waals surface area contributed by atoms with Gasteiger partial charge in [0.2, 0.25) is 5.95 Å². The van der Waals surface area contributed by atoms with E-state index < -0.39 is 23.7 Å². The molecule has 2 aromatic carbocycles. The van der Waals surface area contributed by atoms with Crippen molar-refractivity contribution in [1.82, 2.24) is 14.8 Å². The fraction of sp³-hybridized carbons (Fsp3) is 0.182. The minimum atomic E-state index is -0.793. The average molecular weight is 421 g/mol. The van der Waals surface area contributed by atoms with Gasteiger partial charge < -0.3 is 15.4 Å². The zero-order chi connectivity index (χ0) is 22.0. The first-order chi connectivity index (χ1) is 15.0. The van der Waals surface area contributed by atoms with Gasteiger partial charge >= 0.3 is 5.97 Å². The summed E-state index contributed by atoms with van der Waals surface area (Å²) in [4.78, 5) is 29.2. The van der Waals surface area contributed by atoms with Crippen molar-refractivity contribution in [3.05, 3.63) is 83.1 Å². The van der Waals surface area contributed by atoms with Crippen LogP contribution < -0.4 is 10.6 Å². The van der Waals surface area contributed by atoms with Gasteiger partial charge in [0, 0.05) is 16.9 Å². The molecule has 1 aliphatic rings. The largest absolute Gasteiger partial charge is 0.462 e. The highest BCUT2D eigenvalue weighted by molar-refractivity contribution is 6.06. The van der Waals surface area contributed by atoms with E-state index >= 15 is 0 Å². The van der Waals surface area contributed by atoms with Crippen LogP contribution in [0.5, 0.6) is 0 Å². The van der Waals surface area contributed by atoms with E-state index in [-0.39, 0.29) is 6.61 Å². The van der Waals surface area contributed by atoms with Crippen LogP contribution in [0.15, 0.2) is 66.1 Å². The summed E-state index contributed by atoms with van der Waals surface area (Å²) in [5, 5.41) is 10.0. The van der Waals surface area contributed by atoms with Gasteiger partial charge in [-0.1, -0.05) is 18.2 Å². The van der Waals surface area contributed by atoms with Crippen molar-refractivity contribution in [2.45, 2.75) is 19.9 Å². The Hall–Kier alpha value is -4.01. The molecule has 1 aliphatic heterocycles. The number of ether oxygens (including phenoxy) is 1. The molecule has 0 bridgehead atoms. The average Bonchev–Trinajstić information content (AvgIpc) is 3.22. The molecule has 1 aromatic heterocycles. The third kappa shape index (κ3) is 3.89. The van der Waals surface area contributed by atoms with Gasteiger partial charge in [0.05, 0.1) is 17.7 Å². The molecule has 2 heterocycles. The first-order valence-electron chi connectivity index (χ1n) is 9.70. The van der Waals surface area contributed by atoms with Crippen LogP contribution in [0, 0.1) is 5.82 Å². The Bertz CT molecular complexity index is 1170. The Labute approximate surface area is 177 Å². The van der Waals surface area contributed by atoms with Crippen molar-refractivity contribution in [2.24, 2.45) is 0 Å². The fourth-order valence-corrected chi connectivity index (χ4v) is 3.47. The molecule has 0 unspecified atom stereocenters. The number of esters is 1. The Morgan fingerprint density at radius 3 is 2.65 bits per heavy atom. The molecule has 2 N–H and O–H groups in total. The van der Waals surface area contributed by atoms with Crippen LogP contribution in [0.3, 0.4) is 0 Å². The predicted octanol–water partition coefficient (Wildman–Crippen LogP) is 3.52. The van der Waals surface area contributed by atoms with Crippen molar-refractivity contribution in [2.75, 3.05) is 17.2 Å². The molecular weight excluding hydrogens is 401 g/mol. The summed E-state index contributed by atoms with van der Waals surface area (Å²) in [6, 6.07) is 11.8. The van der Waals surface area contributed by atoms with Crippen LogP contribution in [0.2, 0.25) is 0 Å². The number of hydrogen-bond acceptors (Lipinski definition) is 6. The van der Waals surface area contributed by atoms with Crippen LogP contribution >= 0.6 is 0 Å². The van der Waals surface area contributed by atoms with Crippen molar-refractivity contribution in [3.8, 4) is 0 Å². The van der Waals surface area contributed by atoms with E-state index in [1.165, 1.54) is 17.1 Å². The third-order valence-electron chi connectivity index (χ3n) is 4.89. The SMILES string of the molecule is CCOC(=O)c1ccc(NC(=O)C2=C(C)Nc3ncnn3[C@H]2c2ccccc2F)cc1. The van der Waals surface area contributed by atoms with Gasteiger partial charge in [0.25, 0.3) is 5.91 Å². The summed E-state index contributed by atoms with van der Waals surface area (Å²) in [6.45, 7) is 3.73. The number of aromatic nitrogens is 3. The number of benzene rings is 2. The van der Waals surface area contributed by atoms with E-state index in [1.54, 1.807) is 56.3 Å². The van der Waals surface area contributed by atoms with Gasteiger partial charge in [-0.2, -0.15) is 10.1 Å². The predicted molar refractivity (Wildman–Crippen MR) is 112 cm³/mol. The number of nitrogens with zero attached hydrogens (tertiary/aromatic N) is 3. The third-order valence-corrected chi connectivity index (χ3v) is 4.89. The number of halogens is 1. The first-order valence-corrected chi connectivity index (χ1v) is 9.70. The molecule has 9 heteroatoms. The molecule has 8 nitrogen and oxygen atoms in total. The summed E-state index contributed by atoms with van der Waals surface area (Å²) in [7, 11) is 0. The van der Waals surface area contributed by atoms with Crippen molar-refractivity contribution in [1.29, 1.82) is 0 Å². The lowest BCUT2D eigenvalue weighted by atomic mass is 9.94. The lowest BCUT2D eigenvalue weighted by Crippen LogP contribution is -2.32. The van der Waals surface area contributed by atoms with Gasteiger partial charge in [-0.15, -0.1) is 0 Å². The lowest BCUT2D eigenvalue weighted by molar-refractivity contribution is -0.113. The first kappa shape index (κ1) is 20.3. The van der Waals surface area contributed by atoms with Crippen LogP contribution in [0.1, 0.15) is 35.8 Å². The molecule has 158 valence electrons. The number of nitrogens with one attached hydrogen (secondary N) is 2. The maximum atomic E-state index is 14.7. The quantitative estimate of drug-likeness (QED) is 0.612. The van der Waals surface area contributed by atoms with E-state index in [9.17, 15) is 14.0 Å². The van der Waals surface area contributed by atoms with Crippen molar-refractivity contribution >= 4 is 23.5 Å². The number of allylic oxidation sites excluding steroid dienone is 1. The van der Waals surface area contributed by atoms with Gasteiger partial charge in [0.15, 0.2) is 0 Å². The molecule has 3 aromatic rings. The molecule has 0 radical (unpaired) electrons.